The Morgan fingerprint density at radius 2 is 1.58 bits per heavy atom. The summed E-state index contributed by atoms with van der Waals surface area (Å²) in [6, 6.07) is 0. The van der Waals surface area contributed by atoms with Gasteiger partial charge in [0.2, 0.25) is 0 Å². The molecule has 3 atom stereocenters. The minimum absolute atomic E-state index is 0.609. The van der Waals surface area contributed by atoms with Gasteiger partial charge in [-0.15, -0.1) is 0 Å². The molecule has 2 rings (SSSR count). The summed E-state index contributed by atoms with van der Waals surface area (Å²) in [7, 11) is 0. The van der Waals surface area contributed by atoms with Crippen LogP contribution in [0.4, 0.5) is 4.39 Å². The third-order valence-corrected chi connectivity index (χ3v) is 6.03. The summed E-state index contributed by atoms with van der Waals surface area (Å²) in [5.41, 5.74) is 0. The van der Waals surface area contributed by atoms with Crippen molar-refractivity contribution in [2.45, 2.75) is 78.8 Å². The molecule has 1 heteroatoms. The Balaban J connectivity index is 1.66. The van der Waals surface area contributed by atoms with Crippen LogP contribution in [-0.4, -0.2) is 6.17 Å². The van der Waals surface area contributed by atoms with Crippen molar-refractivity contribution in [1.29, 1.82) is 0 Å². The Labute approximate surface area is 119 Å². The van der Waals surface area contributed by atoms with Gasteiger partial charge in [0, 0.05) is 0 Å². The normalized spacial score (nSPS) is 39.0. The summed E-state index contributed by atoms with van der Waals surface area (Å²) in [5.74, 6) is 5.48. The highest BCUT2D eigenvalue weighted by Crippen LogP contribution is 2.51. The summed E-state index contributed by atoms with van der Waals surface area (Å²) in [6.07, 6.45) is 8.48. The third-order valence-electron chi connectivity index (χ3n) is 6.03. The summed E-state index contributed by atoms with van der Waals surface area (Å²) >= 11 is 0. The largest absolute Gasteiger partial charge is 0.248 e. The maximum Gasteiger partial charge on any atom is 0.0976 e. The molecule has 0 radical (unpaired) electrons. The van der Waals surface area contributed by atoms with Crippen LogP contribution in [0.3, 0.4) is 0 Å². The SMILES string of the molecule is CCC(CC(C)F)CC(C)C1CC(C2CC(C)C2)C1. The summed E-state index contributed by atoms with van der Waals surface area (Å²) in [6.45, 7) is 8.73. The molecule has 0 aliphatic heterocycles. The molecule has 19 heavy (non-hydrogen) atoms. The standard InChI is InChI=1S/C18H33F/c1-5-15(9-14(4)19)8-13(3)16-10-18(11-16)17-6-12(2)7-17/h12-18H,5-11H2,1-4H3. The molecule has 2 aliphatic rings. The molecule has 0 nitrogen and oxygen atoms in total. The molecule has 0 spiro atoms. The minimum atomic E-state index is -0.622. The summed E-state index contributed by atoms with van der Waals surface area (Å²) in [4.78, 5) is 0. The molecule has 2 saturated carbocycles. The first-order valence-corrected chi connectivity index (χ1v) is 8.63. The van der Waals surface area contributed by atoms with E-state index in [4.69, 9.17) is 0 Å². The van der Waals surface area contributed by atoms with Crippen LogP contribution in [0, 0.1) is 35.5 Å². The number of hydrogen-bond donors (Lipinski definition) is 0. The molecule has 0 heterocycles. The Bertz CT molecular complexity index is 261. The van der Waals surface area contributed by atoms with Crippen molar-refractivity contribution < 1.29 is 4.39 Å². The van der Waals surface area contributed by atoms with Crippen molar-refractivity contribution in [1.82, 2.24) is 0 Å². The quantitative estimate of drug-likeness (QED) is 0.542. The van der Waals surface area contributed by atoms with Gasteiger partial charge in [0.15, 0.2) is 0 Å². The highest BCUT2D eigenvalue weighted by Gasteiger charge is 2.41. The minimum Gasteiger partial charge on any atom is -0.248 e. The molecule has 0 aromatic carbocycles. The molecule has 3 unspecified atom stereocenters. The molecule has 0 N–H and O–H groups in total. The van der Waals surface area contributed by atoms with Gasteiger partial charge in [-0.25, -0.2) is 4.39 Å². The van der Waals surface area contributed by atoms with Crippen LogP contribution in [0.5, 0.6) is 0 Å². The zero-order valence-electron chi connectivity index (χ0n) is 13.4. The van der Waals surface area contributed by atoms with Gasteiger partial charge in [-0.2, -0.15) is 0 Å². The van der Waals surface area contributed by atoms with Crippen LogP contribution in [-0.2, 0) is 0 Å². The van der Waals surface area contributed by atoms with Crippen molar-refractivity contribution in [2.24, 2.45) is 35.5 Å². The van der Waals surface area contributed by atoms with Crippen LogP contribution >= 0.6 is 0 Å². The van der Waals surface area contributed by atoms with E-state index in [1.165, 1.54) is 32.1 Å². The fourth-order valence-corrected chi connectivity index (χ4v) is 4.51. The van der Waals surface area contributed by atoms with E-state index < -0.39 is 6.17 Å². The van der Waals surface area contributed by atoms with Crippen LogP contribution in [0.1, 0.15) is 72.6 Å². The molecule has 112 valence electrons. The van der Waals surface area contributed by atoms with Gasteiger partial charge in [0.1, 0.15) is 0 Å². The zero-order valence-corrected chi connectivity index (χ0v) is 13.4. The average Bonchev–Trinajstić information content (AvgIpc) is 2.23. The second-order valence-electron chi connectivity index (χ2n) is 7.83. The summed E-state index contributed by atoms with van der Waals surface area (Å²) in [5, 5.41) is 0. The maximum atomic E-state index is 13.1. The van der Waals surface area contributed by atoms with E-state index in [1.54, 1.807) is 6.92 Å². The van der Waals surface area contributed by atoms with Gasteiger partial charge in [-0.05, 0) is 81.0 Å². The lowest BCUT2D eigenvalue weighted by atomic mass is 9.57. The first-order chi connectivity index (χ1) is 8.99. The molecular weight excluding hydrogens is 235 g/mol. The van der Waals surface area contributed by atoms with E-state index >= 15 is 0 Å². The second kappa shape index (κ2) is 6.59. The Morgan fingerprint density at radius 3 is 2.05 bits per heavy atom. The highest BCUT2D eigenvalue weighted by molar-refractivity contribution is 4.92. The van der Waals surface area contributed by atoms with E-state index in [0.29, 0.717) is 5.92 Å². The van der Waals surface area contributed by atoms with Gasteiger partial charge in [0.05, 0.1) is 6.17 Å². The van der Waals surface area contributed by atoms with Gasteiger partial charge in [0.25, 0.3) is 0 Å². The van der Waals surface area contributed by atoms with Gasteiger partial charge in [-0.1, -0.05) is 27.2 Å². The lowest BCUT2D eigenvalue weighted by molar-refractivity contribution is 0.0146. The Hall–Kier alpha value is -0.0700. The molecule has 0 amide bonds. The van der Waals surface area contributed by atoms with Crippen LogP contribution in [0.25, 0.3) is 0 Å². The number of hydrogen-bond acceptors (Lipinski definition) is 0. The Morgan fingerprint density at radius 1 is 1.00 bits per heavy atom. The van der Waals surface area contributed by atoms with E-state index in [0.717, 1.165) is 42.4 Å². The zero-order chi connectivity index (χ0) is 14.0. The Kier molecular flexibility index (Phi) is 5.31. The molecule has 0 aromatic rings. The molecule has 0 aromatic heterocycles. The average molecular weight is 268 g/mol. The van der Waals surface area contributed by atoms with Crippen LogP contribution in [0.2, 0.25) is 0 Å². The first-order valence-electron chi connectivity index (χ1n) is 8.63. The van der Waals surface area contributed by atoms with Crippen LogP contribution < -0.4 is 0 Å². The van der Waals surface area contributed by atoms with E-state index in [2.05, 4.69) is 20.8 Å². The number of halogens is 1. The number of rotatable bonds is 7. The van der Waals surface area contributed by atoms with Crippen molar-refractivity contribution in [2.75, 3.05) is 0 Å². The predicted molar refractivity (Wildman–Crippen MR) is 80.9 cm³/mol. The molecule has 2 aliphatic carbocycles. The lowest BCUT2D eigenvalue weighted by Gasteiger charge is -2.49. The molecule has 0 saturated heterocycles. The predicted octanol–water partition coefficient (Wildman–Crippen LogP) is 5.86. The van der Waals surface area contributed by atoms with Gasteiger partial charge in [-0.3, -0.25) is 0 Å². The number of alkyl halides is 1. The first kappa shape index (κ1) is 15.3. The highest BCUT2D eigenvalue weighted by atomic mass is 19.1. The van der Waals surface area contributed by atoms with E-state index in [1.807, 2.05) is 0 Å². The second-order valence-corrected chi connectivity index (χ2v) is 7.83. The molecular formula is C18H33F. The molecule has 0 bridgehead atoms. The van der Waals surface area contributed by atoms with Crippen molar-refractivity contribution >= 4 is 0 Å². The molecule has 2 fully saturated rings. The third kappa shape index (κ3) is 3.95. The maximum absolute atomic E-state index is 13.1. The fourth-order valence-electron chi connectivity index (χ4n) is 4.51. The smallest absolute Gasteiger partial charge is 0.0976 e. The topological polar surface area (TPSA) is 0 Å². The van der Waals surface area contributed by atoms with E-state index in [-0.39, 0.29) is 0 Å². The van der Waals surface area contributed by atoms with Crippen LogP contribution in [0.15, 0.2) is 0 Å². The van der Waals surface area contributed by atoms with E-state index in [9.17, 15) is 4.39 Å². The monoisotopic (exact) mass is 268 g/mol. The van der Waals surface area contributed by atoms with Crippen molar-refractivity contribution in [3.63, 3.8) is 0 Å². The lowest BCUT2D eigenvalue weighted by Crippen LogP contribution is -2.39. The fraction of sp³-hybridized carbons (Fsp3) is 1.00. The van der Waals surface area contributed by atoms with Crippen molar-refractivity contribution in [3.05, 3.63) is 0 Å². The van der Waals surface area contributed by atoms with Crippen molar-refractivity contribution in [3.8, 4) is 0 Å². The van der Waals surface area contributed by atoms with Gasteiger partial charge >= 0.3 is 0 Å². The summed E-state index contributed by atoms with van der Waals surface area (Å²) < 4.78 is 13.1. The van der Waals surface area contributed by atoms with Gasteiger partial charge < -0.3 is 0 Å².